The fraction of sp³-hybridized carbons (Fsp3) is 0.562. The molecule has 6 heteroatoms. The number of rotatable bonds is 6. The van der Waals surface area contributed by atoms with Crippen LogP contribution in [0.25, 0.3) is 0 Å². The Bertz CT molecular complexity index is 502. The molecule has 0 spiro atoms. The molecule has 1 heterocycles. The maximum atomic E-state index is 13.5. The number of amides is 1. The Hall–Kier alpha value is -1.53. The van der Waals surface area contributed by atoms with Crippen LogP contribution in [0.15, 0.2) is 18.2 Å². The summed E-state index contributed by atoms with van der Waals surface area (Å²) in [5, 5.41) is 5.59. The third kappa shape index (κ3) is 5.03. The van der Waals surface area contributed by atoms with Gasteiger partial charge < -0.3 is 10.6 Å². The predicted molar refractivity (Wildman–Crippen MR) is 82.7 cm³/mol. The number of likely N-dealkylation sites (tertiary alicyclic amines) is 1. The van der Waals surface area contributed by atoms with Gasteiger partial charge in [0, 0.05) is 6.07 Å². The minimum Gasteiger partial charge on any atom is -0.322 e. The molecule has 2 rings (SSSR count). The fourth-order valence-electron chi connectivity index (χ4n) is 2.77. The topological polar surface area (TPSA) is 44.4 Å². The highest BCUT2D eigenvalue weighted by atomic mass is 19.1. The Morgan fingerprint density at radius 1 is 1.32 bits per heavy atom. The zero-order valence-corrected chi connectivity index (χ0v) is 12.9. The van der Waals surface area contributed by atoms with Crippen LogP contribution in [0.2, 0.25) is 0 Å². The first-order valence-electron chi connectivity index (χ1n) is 7.70. The smallest absolute Gasteiger partial charge is 0.238 e. The van der Waals surface area contributed by atoms with Crippen molar-refractivity contribution in [3.63, 3.8) is 0 Å². The summed E-state index contributed by atoms with van der Waals surface area (Å²) < 4.78 is 26.5. The molecule has 0 unspecified atom stereocenters. The van der Waals surface area contributed by atoms with Gasteiger partial charge in [-0.25, -0.2) is 8.78 Å². The molecule has 1 aliphatic rings. The fourth-order valence-corrected chi connectivity index (χ4v) is 2.77. The van der Waals surface area contributed by atoms with E-state index < -0.39 is 11.6 Å². The molecule has 1 aliphatic heterocycles. The van der Waals surface area contributed by atoms with Crippen LogP contribution in [0.3, 0.4) is 0 Å². The lowest BCUT2D eigenvalue weighted by Gasteiger charge is -2.31. The molecule has 122 valence electrons. The molecule has 0 aromatic heterocycles. The number of carbonyl (C=O) groups is 1. The summed E-state index contributed by atoms with van der Waals surface area (Å²) >= 11 is 0. The van der Waals surface area contributed by atoms with Gasteiger partial charge in [0.25, 0.3) is 0 Å². The molecule has 4 nitrogen and oxygen atoms in total. The Balaban J connectivity index is 1.77. The normalized spacial score (nSPS) is 16.7. The van der Waals surface area contributed by atoms with E-state index in [9.17, 15) is 13.6 Å². The van der Waals surface area contributed by atoms with Crippen LogP contribution in [0.1, 0.15) is 19.3 Å². The summed E-state index contributed by atoms with van der Waals surface area (Å²) in [6.07, 6.45) is 3.30. The predicted octanol–water partition coefficient (Wildman–Crippen LogP) is 2.22. The van der Waals surface area contributed by atoms with Gasteiger partial charge in [-0.2, -0.15) is 0 Å². The molecule has 1 fully saturated rings. The second kappa shape index (κ2) is 8.19. The Morgan fingerprint density at radius 2 is 2.05 bits per heavy atom. The van der Waals surface area contributed by atoms with E-state index in [1.807, 2.05) is 7.05 Å². The number of piperidine rings is 1. The minimum absolute atomic E-state index is 0.103. The first-order valence-corrected chi connectivity index (χ1v) is 7.70. The van der Waals surface area contributed by atoms with E-state index in [1.165, 1.54) is 0 Å². The Kier molecular flexibility index (Phi) is 6.27. The van der Waals surface area contributed by atoms with Crippen molar-refractivity contribution in [3.8, 4) is 0 Å². The highest BCUT2D eigenvalue weighted by Gasteiger charge is 2.20. The van der Waals surface area contributed by atoms with Crippen LogP contribution < -0.4 is 10.6 Å². The van der Waals surface area contributed by atoms with Gasteiger partial charge in [0.15, 0.2) is 0 Å². The van der Waals surface area contributed by atoms with Gasteiger partial charge in [-0.3, -0.25) is 9.69 Å². The highest BCUT2D eigenvalue weighted by Crippen LogP contribution is 2.20. The molecule has 0 bridgehead atoms. The lowest BCUT2D eigenvalue weighted by atomic mass is 9.93. The van der Waals surface area contributed by atoms with E-state index >= 15 is 0 Å². The van der Waals surface area contributed by atoms with Gasteiger partial charge in [-0.15, -0.1) is 0 Å². The van der Waals surface area contributed by atoms with E-state index in [0.29, 0.717) is 5.92 Å². The van der Waals surface area contributed by atoms with Crippen LogP contribution in [-0.2, 0) is 4.79 Å². The van der Waals surface area contributed by atoms with Gasteiger partial charge in [-0.05, 0) is 64.0 Å². The number of nitrogens with zero attached hydrogens (tertiary/aromatic N) is 1. The molecule has 0 atom stereocenters. The third-order valence-corrected chi connectivity index (χ3v) is 4.08. The zero-order valence-electron chi connectivity index (χ0n) is 12.9. The van der Waals surface area contributed by atoms with Gasteiger partial charge in [0.05, 0.1) is 12.2 Å². The van der Waals surface area contributed by atoms with Crippen LogP contribution >= 0.6 is 0 Å². The van der Waals surface area contributed by atoms with Crippen molar-refractivity contribution in [3.05, 3.63) is 29.8 Å². The average molecular weight is 311 g/mol. The van der Waals surface area contributed by atoms with Crippen molar-refractivity contribution in [2.75, 3.05) is 38.5 Å². The summed E-state index contributed by atoms with van der Waals surface area (Å²) in [6.45, 7) is 2.97. The summed E-state index contributed by atoms with van der Waals surface area (Å²) in [4.78, 5) is 14.0. The first kappa shape index (κ1) is 16.8. The van der Waals surface area contributed by atoms with E-state index in [4.69, 9.17) is 0 Å². The lowest BCUT2D eigenvalue weighted by Crippen LogP contribution is -2.39. The Morgan fingerprint density at radius 3 is 2.73 bits per heavy atom. The standard InChI is InChI=1S/C16H23F2N3O/c1-19-7-4-12-5-8-21(9-6-12)11-16(22)20-15-10-13(17)2-3-14(15)18/h2-3,10,12,19H,4-9,11H2,1H3,(H,20,22). The average Bonchev–Trinajstić information content (AvgIpc) is 2.50. The van der Waals surface area contributed by atoms with E-state index in [0.717, 1.165) is 57.1 Å². The van der Waals surface area contributed by atoms with Gasteiger partial charge >= 0.3 is 0 Å². The monoisotopic (exact) mass is 311 g/mol. The van der Waals surface area contributed by atoms with Crippen molar-refractivity contribution < 1.29 is 13.6 Å². The number of hydrogen-bond acceptors (Lipinski definition) is 3. The number of anilines is 1. The maximum Gasteiger partial charge on any atom is 0.238 e. The van der Waals surface area contributed by atoms with Crippen LogP contribution in [0.5, 0.6) is 0 Å². The summed E-state index contributed by atoms with van der Waals surface area (Å²) in [6, 6.07) is 3.04. The SMILES string of the molecule is CNCCC1CCN(CC(=O)Nc2cc(F)ccc2F)CC1. The summed E-state index contributed by atoms with van der Waals surface area (Å²) in [5.41, 5.74) is -0.103. The lowest BCUT2D eigenvalue weighted by molar-refractivity contribution is -0.117. The number of carbonyl (C=O) groups excluding carboxylic acids is 1. The molecule has 1 amide bonds. The van der Waals surface area contributed by atoms with E-state index in [1.54, 1.807) is 0 Å². The third-order valence-electron chi connectivity index (χ3n) is 4.08. The summed E-state index contributed by atoms with van der Waals surface area (Å²) in [5.74, 6) is -0.798. The minimum atomic E-state index is -0.625. The molecule has 0 saturated carbocycles. The van der Waals surface area contributed by atoms with Crippen molar-refractivity contribution in [2.45, 2.75) is 19.3 Å². The van der Waals surface area contributed by atoms with Gasteiger partial charge in [0.1, 0.15) is 11.6 Å². The van der Waals surface area contributed by atoms with Crippen LogP contribution in [-0.4, -0.2) is 44.0 Å². The molecular formula is C16H23F2N3O. The second-order valence-electron chi connectivity index (χ2n) is 5.78. The van der Waals surface area contributed by atoms with Gasteiger partial charge in [0.2, 0.25) is 5.91 Å². The number of nitrogens with one attached hydrogen (secondary N) is 2. The quantitative estimate of drug-likeness (QED) is 0.847. The second-order valence-corrected chi connectivity index (χ2v) is 5.78. The largest absolute Gasteiger partial charge is 0.322 e. The molecule has 1 aromatic rings. The summed E-state index contributed by atoms with van der Waals surface area (Å²) in [7, 11) is 1.95. The molecule has 1 aromatic carbocycles. The van der Waals surface area contributed by atoms with Crippen molar-refractivity contribution >= 4 is 11.6 Å². The maximum absolute atomic E-state index is 13.5. The van der Waals surface area contributed by atoms with E-state index in [2.05, 4.69) is 15.5 Å². The number of hydrogen-bond donors (Lipinski definition) is 2. The molecule has 1 saturated heterocycles. The zero-order chi connectivity index (χ0) is 15.9. The van der Waals surface area contributed by atoms with Crippen molar-refractivity contribution in [1.82, 2.24) is 10.2 Å². The first-order chi connectivity index (χ1) is 10.6. The molecule has 2 N–H and O–H groups in total. The Labute approximate surface area is 129 Å². The number of halogens is 2. The molecule has 0 aliphatic carbocycles. The van der Waals surface area contributed by atoms with Crippen LogP contribution in [0, 0.1) is 17.6 Å². The highest BCUT2D eigenvalue weighted by molar-refractivity contribution is 5.92. The molecular weight excluding hydrogens is 288 g/mol. The van der Waals surface area contributed by atoms with E-state index in [-0.39, 0.29) is 18.1 Å². The number of benzene rings is 1. The molecule has 22 heavy (non-hydrogen) atoms. The van der Waals surface area contributed by atoms with Crippen molar-refractivity contribution in [1.29, 1.82) is 0 Å². The molecule has 0 radical (unpaired) electrons. The van der Waals surface area contributed by atoms with Crippen LogP contribution in [0.4, 0.5) is 14.5 Å². The van der Waals surface area contributed by atoms with Crippen molar-refractivity contribution in [2.24, 2.45) is 5.92 Å². The van der Waals surface area contributed by atoms with Gasteiger partial charge in [-0.1, -0.05) is 0 Å².